The van der Waals surface area contributed by atoms with Crippen LogP contribution in [-0.4, -0.2) is 33.7 Å². The first-order chi connectivity index (χ1) is 12.2. The Balaban J connectivity index is 1.45. The zero-order valence-electron chi connectivity index (χ0n) is 14.0. The fraction of sp³-hybridized carbons (Fsp3) is 0.278. The average molecular weight is 337 g/mol. The Labute approximate surface area is 145 Å². The molecule has 0 atom stereocenters. The van der Waals surface area contributed by atoms with Gasteiger partial charge in [-0.15, -0.1) is 0 Å². The summed E-state index contributed by atoms with van der Waals surface area (Å²) in [5.74, 6) is 1.91. The molecule has 1 aromatic carbocycles. The van der Waals surface area contributed by atoms with E-state index in [-0.39, 0.29) is 0 Å². The lowest BCUT2D eigenvalue weighted by Gasteiger charge is -2.26. The molecular weight excluding hydrogens is 318 g/mol. The van der Waals surface area contributed by atoms with Gasteiger partial charge < -0.3 is 15.0 Å². The van der Waals surface area contributed by atoms with Crippen molar-refractivity contribution in [3.8, 4) is 17.1 Å². The van der Waals surface area contributed by atoms with Gasteiger partial charge in [-0.05, 0) is 24.3 Å². The zero-order valence-corrected chi connectivity index (χ0v) is 14.0. The van der Waals surface area contributed by atoms with E-state index >= 15 is 0 Å². The smallest absolute Gasteiger partial charge is 0.220 e. The second-order valence-corrected chi connectivity index (χ2v) is 6.07. The van der Waals surface area contributed by atoms with Crippen molar-refractivity contribution in [3.63, 3.8) is 0 Å². The van der Waals surface area contributed by atoms with Crippen molar-refractivity contribution in [1.82, 2.24) is 20.0 Å². The van der Waals surface area contributed by atoms with E-state index in [1.165, 1.54) is 0 Å². The number of benzene rings is 1. The highest BCUT2D eigenvalue weighted by Gasteiger charge is 2.19. The number of nitrogen functional groups attached to an aromatic ring is 1. The summed E-state index contributed by atoms with van der Waals surface area (Å²) in [4.78, 5) is 10.7. The van der Waals surface area contributed by atoms with Crippen molar-refractivity contribution < 1.29 is 9.26 Å². The summed E-state index contributed by atoms with van der Waals surface area (Å²) in [7, 11) is 1.65. The lowest BCUT2D eigenvalue weighted by molar-refractivity contribution is 0.235. The second kappa shape index (κ2) is 6.52. The number of aromatic nitrogens is 3. The molecule has 0 aliphatic carbocycles. The van der Waals surface area contributed by atoms with Crippen LogP contribution in [0.25, 0.3) is 11.3 Å². The lowest BCUT2D eigenvalue weighted by Crippen LogP contribution is -2.31. The normalized spacial score (nSPS) is 14.3. The molecule has 3 aromatic rings. The van der Waals surface area contributed by atoms with Gasteiger partial charge in [0, 0.05) is 49.4 Å². The summed E-state index contributed by atoms with van der Waals surface area (Å²) in [6.45, 7) is 2.43. The molecule has 0 unspecified atom stereocenters. The van der Waals surface area contributed by atoms with E-state index in [2.05, 4.69) is 20.0 Å². The van der Waals surface area contributed by atoms with Gasteiger partial charge in [0.05, 0.1) is 18.5 Å². The molecule has 7 nitrogen and oxygen atoms in total. The van der Waals surface area contributed by atoms with E-state index in [4.69, 9.17) is 15.0 Å². The second-order valence-electron chi connectivity index (χ2n) is 6.07. The molecule has 0 saturated heterocycles. The highest BCUT2D eigenvalue weighted by Crippen LogP contribution is 2.24. The van der Waals surface area contributed by atoms with Crippen molar-refractivity contribution >= 4 is 5.95 Å². The Hall–Kier alpha value is -2.93. The predicted octanol–water partition coefficient (Wildman–Crippen LogP) is 2.28. The Morgan fingerprint density at radius 2 is 2.12 bits per heavy atom. The molecule has 4 rings (SSSR count). The van der Waals surface area contributed by atoms with Gasteiger partial charge in [-0.25, -0.2) is 9.97 Å². The molecule has 0 fully saturated rings. The number of methoxy groups -OCH3 is 1. The molecule has 0 bridgehead atoms. The number of hydrogen-bond donors (Lipinski definition) is 1. The molecule has 2 N–H and O–H groups in total. The minimum Gasteiger partial charge on any atom is -0.497 e. The van der Waals surface area contributed by atoms with Crippen LogP contribution in [0, 0.1) is 0 Å². The van der Waals surface area contributed by atoms with E-state index in [9.17, 15) is 0 Å². The molecule has 0 spiro atoms. The van der Waals surface area contributed by atoms with Crippen molar-refractivity contribution in [3.05, 3.63) is 53.5 Å². The molecule has 1 aliphatic heterocycles. The van der Waals surface area contributed by atoms with Crippen molar-refractivity contribution in [1.29, 1.82) is 0 Å². The van der Waals surface area contributed by atoms with Crippen LogP contribution in [0.15, 0.2) is 41.1 Å². The lowest BCUT2D eigenvalue weighted by atomic mass is 10.1. The molecule has 0 radical (unpaired) electrons. The number of anilines is 1. The largest absolute Gasteiger partial charge is 0.497 e. The van der Waals surface area contributed by atoms with Crippen LogP contribution in [0.4, 0.5) is 5.95 Å². The van der Waals surface area contributed by atoms with Gasteiger partial charge in [-0.1, -0.05) is 5.16 Å². The summed E-state index contributed by atoms with van der Waals surface area (Å²) in [5.41, 5.74) is 9.71. The number of nitrogens with two attached hydrogens (primary N) is 1. The van der Waals surface area contributed by atoms with Crippen molar-refractivity contribution in [2.45, 2.75) is 19.5 Å². The van der Waals surface area contributed by atoms with Crippen LogP contribution in [0.2, 0.25) is 0 Å². The van der Waals surface area contributed by atoms with Crippen LogP contribution < -0.4 is 10.5 Å². The van der Waals surface area contributed by atoms with E-state index < -0.39 is 0 Å². The molecule has 0 amide bonds. The number of fused-ring (bicyclic) bond motifs is 1. The Bertz CT molecular complexity index is 875. The minimum absolute atomic E-state index is 0.341. The number of rotatable bonds is 4. The van der Waals surface area contributed by atoms with Gasteiger partial charge in [-0.3, -0.25) is 4.90 Å². The maximum atomic E-state index is 5.65. The first-order valence-corrected chi connectivity index (χ1v) is 8.14. The van der Waals surface area contributed by atoms with Crippen LogP contribution in [0.5, 0.6) is 5.75 Å². The highest BCUT2D eigenvalue weighted by molar-refractivity contribution is 5.58. The van der Waals surface area contributed by atoms with E-state index in [1.807, 2.05) is 36.5 Å². The Kier molecular flexibility index (Phi) is 4.07. The summed E-state index contributed by atoms with van der Waals surface area (Å²) in [5, 5.41) is 4.20. The standard InChI is InChI=1S/C18H19N5O2/c1-24-15-4-2-12(3-5-15)17-8-14(22-25-17)11-23-7-6-16-13(10-23)9-20-18(19)21-16/h2-5,8-9H,6-7,10-11H2,1H3,(H2,19,20,21). The molecule has 0 saturated carbocycles. The van der Waals surface area contributed by atoms with Crippen molar-refractivity contribution in [2.24, 2.45) is 0 Å². The average Bonchev–Trinajstić information content (AvgIpc) is 3.10. The Morgan fingerprint density at radius 3 is 2.92 bits per heavy atom. The molecule has 25 heavy (non-hydrogen) atoms. The summed E-state index contributed by atoms with van der Waals surface area (Å²) >= 11 is 0. The minimum atomic E-state index is 0.341. The topological polar surface area (TPSA) is 90.3 Å². The number of nitrogens with zero attached hydrogens (tertiary/aromatic N) is 4. The van der Waals surface area contributed by atoms with E-state index in [0.29, 0.717) is 5.95 Å². The molecule has 2 aromatic heterocycles. The quantitative estimate of drug-likeness (QED) is 0.781. The third-order valence-electron chi connectivity index (χ3n) is 4.35. The third-order valence-corrected chi connectivity index (χ3v) is 4.35. The fourth-order valence-electron chi connectivity index (χ4n) is 3.03. The van der Waals surface area contributed by atoms with Gasteiger partial charge >= 0.3 is 0 Å². The maximum Gasteiger partial charge on any atom is 0.220 e. The monoisotopic (exact) mass is 337 g/mol. The third kappa shape index (κ3) is 3.32. The van der Waals surface area contributed by atoms with Crippen LogP contribution in [0.1, 0.15) is 17.0 Å². The van der Waals surface area contributed by atoms with Gasteiger partial charge in [0.25, 0.3) is 0 Å². The van der Waals surface area contributed by atoms with Crippen LogP contribution in [-0.2, 0) is 19.5 Å². The number of ether oxygens (including phenoxy) is 1. The van der Waals surface area contributed by atoms with Gasteiger partial charge in [0.2, 0.25) is 5.95 Å². The zero-order chi connectivity index (χ0) is 17.2. The van der Waals surface area contributed by atoms with Crippen LogP contribution in [0.3, 0.4) is 0 Å². The highest BCUT2D eigenvalue weighted by atomic mass is 16.5. The predicted molar refractivity (Wildman–Crippen MR) is 92.8 cm³/mol. The number of hydrogen-bond acceptors (Lipinski definition) is 7. The summed E-state index contributed by atoms with van der Waals surface area (Å²) in [6, 6.07) is 9.72. The fourth-order valence-corrected chi connectivity index (χ4v) is 3.03. The first-order valence-electron chi connectivity index (χ1n) is 8.14. The van der Waals surface area contributed by atoms with Gasteiger partial charge in [0.1, 0.15) is 5.75 Å². The first kappa shape index (κ1) is 15.6. The molecular formula is C18H19N5O2. The maximum absolute atomic E-state index is 5.65. The summed E-state index contributed by atoms with van der Waals surface area (Å²) in [6.07, 6.45) is 2.68. The van der Waals surface area contributed by atoms with Crippen molar-refractivity contribution in [2.75, 3.05) is 19.4 Å². The Morgan fingerprint density at radius 1 is 1.28 bits per heavy atom. The van der Waals surface area contributed by atoms with Gasteiger partial charge in [-0.2, -0.15) is 0 Å². The molecule has 7 heteroatoms. The SMILES string of the molecule is COc1ccc(-c2cc(CN3CCc4nc(N)ncc4C3)no2)cc1. The van der Waals surface area contributed by atoms with E-state index in [0.717, 1.165) is 60.1 Å². The van der Waals surface area contributed by atoms with Gasteiger partial charge in [0.15, 0.2) is 5.76 Å². The van der Waals surface area contributed by atoms with Crippen LogP contribution >= 0.6 is 0 Å². The van der Waals surface area contributed by atoms with E-state index in [1.54, 1.807) is 7.11 Å². The molecule has 3 heterocycles. The molecule has 1 aliphatic rings. The molecule has 128 valence electrons. The summed E-state index contributed by atoms with van der Waals surface area (Å²) < 4.78 is 10.7.